The predicted molar refractivity (Wildman–Crippen MR) is 106 cm³/mol. The van der Waals surface area contributed by atoms with E-state index in [9.17, 15) is 9.59 Å². The van der Waals surface area contributed by atoms with E-state index in [1.54, 1.807) is 24.3 Å². The third kappa shape index (κ3) is 6.56. The normalized spacial score (nSPS) is 11.2. The smallest absolute Gasteiger partial charge is 0.224 e. The van der Waals surface area contributed by atoms with Gasteiger partial charge in [-0.2, -0.15) is 0 Å². The summed E-state index contributed by atoms with van der Waals surface area (Å²) in [6.07, 6.45) is 0.468. The topological polar surface area (TPSA) is 46.2 Å². The molecule has 3 nitrogen and oxygen atoms in total. The van der Waals surface area contributed by atoms with Crippen LogP contribution >= 0.6 is 23.4 Å². The summed E-state index contributed by atoms with van der Waals surface area (Å²) in [5.74, 6) is 0.319. The number of hydrogen-bond acceptors (Lipinski definition) is 3. The van der Waals surface area contributed by atoms with Crippen LogP contribution in [0.15, 0.2) is 53.4 Å². The summed E-state index contributed by atoms with van der Waals surface area (Å²) in [4.78, 5) is 25.1. The van der Waals surface area contributed by atoms with Crippen molar-refractivity contribution in [2.45, 2.75) is 32.1 Å². The second kappa shape index (κ2) is 8.54. The first-order valence-electron chi connectivity index (χ1n) is 8.05. The number of halogens is 1. The lowest BCUT2D eigenvalue weighted by molar-refractivity contribution is -0.117. The standard InChI is InChI=1S/C20H22ClNO2S/c1-20(2,3)12-19(24)22-14-8-10-15(11-9-14)25-13-18(23)16-6-4-5-7-17(16)21/h4-11H,12-13H2,1-3H3,(H,22,24). The van der Waals surface area contributed by atoms with Crippen LogP contribution in [0.5, 0.6) is 0 Å². The summed E-state index contributed by atoms with van der Waals surface area (Å²) in [5, 5.41) is 3.37. The number of hydrogen-bond donors (Lipinski definition) is 1. The Morgan fingerprint density at radius 1 is 1.04 bits per heavy atom. The summed E-state index contributed by atoms with van der Waals surface area (Å²) < 4.78 is 0. The number of benzene rings is 2. The van der Waals surface area contributed by atoms with E-state index in [4.69, 9.17) is 11.6 Å². The van der Waals surface area contributed by atoms with Crippen molar-refractivity contribution in [2.24, 2.45) is 5.41 Å². The minimum absolute atomic E-state index is 0.00167. The van der Waals surface area contributed by atoms with Gasteiger partial charge in [-0.05, 0) is 41.8 Å². The molecule has 0 unspecified atom stereocenters. The summed E-state index contributed by atoms with van der Waals surface area (Å²) in [6.45, 7) is 6.09. The van der Waals surface area contributed by atoms with Gasteiger partial charge < -0.3 is 5.32 Å². The van der Waals surface area contributed by atoms with Gasteiger partial charge in [-0.25, -0.2) is 0 Å². The molecular weight excluding hydrogens is 354 g/mol. The van der Waals surface area contributed by atoms with Crippen LogP contribution in [-0.4, -0.2) is 17.4 Å². The SMILES string of the molecule is CC(C)(C)CC(=O)Nc1ccc(SCC(=O)c2ccccc2Cl)cc1. The zero-order valence-electron chi connectivity index (χ0n) is 14.6. The molecule has 0 aliphatic rings. The summed E-state index contributed by atoms with van der Waals surface area (Å²) in [7, 11) is 0. The van der Waals surface area contributed by atoms with Crippen LogP contribution in [0.1, 0.15) is 37.6 Å². The highest BCUT2D eigenvalue weighted by Crippen LogP contribution is 2.24. The molecule has 0 radical (unpaired) electrons. The minimum Gasteiger partial charge on any atom is -0.326 e. The quantitative estimate of drug-likeness (QED) is 0.521. The fourth-order valence-electron chi connectivity index (χ4n) is 2.24. The number of rotatable bonds is 6. The molecule has 5 heteroatoms. The average Bonchev–Trinajstić information content (AvgIpc) is 2.52. The van der Waals surface area contributed by atoms with Crippen LogP contribution in [-0.2, 0) is 4.79 Å². The van der Waals surface area contributed by atoms with Crippen LogP contribution in [0.2, 0.25) is 5.02 Å². The predicted octanol–water partition coefficient (Wildman–Crippen LogP) is 5.69. The van der Waals surface area contributed by atoms with E-state index >= 15 is 0 Å². The molecule has 0 fully saturated rings. The molecule has 25 heavy (non-hydrogen) atoms. The Kier molecular flexibility index (Phi) is 6.68. The van der Waals surface area contributed by atoms with E-state index in [-0.39, 0.29) is 17.1 Å². The number of ketones is 1. The Morgan fingerprint density at radius 2 is 1.68 bits per heavy atom. The third-order valence-corrected chi connectivity index (χ3v) is 4.71. The Bertz CT molecular complexity index is 751. The van der Waals surface area contributed by atoms with Crippen LogP contribution in [0.3, 0.4) is 0 Å². The van der Waals surface area contributed by atoms with Crippen molar-refractivity contribution in [3.8, 4) is 0 Å². The molecule has 0 aliphatic carbocycles. The number of carbonyl (C=O) groups excluding carboxylic acids is 2. The summed E-state index contributed by atoms with van der Waals surface area (Å²) in [5.41, 5.74) is 1.26. The highest BCUT2D eigenvalue weighted by molar-refractivity contribution is 8.00. The Hall–Kier alpha value is -1.78. The van der Waals surface area contributed by atoms with Crippen LogP contribution < -0.4 is 5.32 Å². The molecule has 0 heterocycles. The minimum atomic E-state index is -0.0427. The van der Waals surface area contributed by atoms with Gasteiger partial charge in [-0.1, -0.05) is 44.5 Å². The second-order valence-corrected chi connectivity index (χ2v) is 8.46. The Labute approximate surface area is 158 Å². The van der Waals surface area contributed by atoms with E-state index < -0.39 is 0 Å². The maximum absolute atomic E-state index is 12.2. The van der Waals surface area contributed by atoms with Crippen molar-refractivity contribution in [1.82, 2.24) is 0 Å². The van der Waals surface area contributed by atoms with Gasteiger partial charge in [-0.3, -0.25) is 9.59 Å². The molecule has 132 valence electrons. The van der Waals surface area contributed by atoms with Crippen LogP contribution in [0.25, 0.3) is 0 Å². The van der Waals surface area contributed by atoms with Gasteiger partial charge in [0.05, 0.1) is 10.8 Å². The molecule has 2 aromatic carbocycles. The molecule has 0 saturated carbocycles. The molecule has 0 aliphatic heterocycles. The highest BCUT2D eigenvalue weighted by atomic mass is 35.5. The molecule has 1 N–H and O–H groups in total. The van der Waals surface area contributed by atoms with Gasteiger partial charge in [0.1, 0.15) is 0 Å². The fraction of sp³-hybridized carbons (Fsp3) is 0.300. The summed E-state index contributed by atoms with van der Waals surface area (Å²) in [6, 6.07) is 14.6. The fourth-order valence-corrected chi connectivity index (χ4v) is 3.26. The first-order valence-corrected chi connectivity index (χ1v) is 9.41. The molecule has 0 spiro atoms. The molecule has 0 saturated heterocycles. The molecular formula is C20H22ClNO2S. The number of Topliss-reactive ketones (excluding diaryl/α,β-unsaturated/α-hetero) is 1. The van der Waals surface area contributed by atoms with E-state index in [1.807, 2.05) is 45.0 Å². The third-order valence-electron chi connectivity index (χ3n) is 3.37. The lowest BCUT2D eigenvalue weighted by Crippen LogP contribution is -2.19. The van der Waals surface area contributed by atoms with E-state index in [1.165, 1.54) is 11.8 Å². The number of nitrogens with one attached hydrogen (secondary N) is 1. The monoisotopic (exact) mass is 375 g/mol. The first-order chi connectivity index (χ1) is 11.7. The first kappa shape index (κ1) is 19.5. The van der Waals surface area contributed by atoms with Crippen LogP contribution in [0, 0.1) is 5.41 Å². The number of thioether (sulfide) groups is 1. The molecule has 0 atom stereocenters. The van der Waals surface area contributed by atoms with E-state index in [0.717, 1.165) is 10.6 Å². The van der Waals surface area contributed by atoms with Gasteiger partial charge in [0.15, 0.2) is 5.78 Å². The maximum Gasteiger partial charge on any atom is 0.224 e. The second-order valence-electron chi connectivity index (χ2n) is 7.00. The molecule has 2 aromatic rings. The molecule has 1 amide bonds. The van der Waals surface area contributed by atoms with Gasteiger partial charge in [0, 0.05) is 22.6 Å². The Balaban J connectivity index is 1.89. The van der Waals surface area contributed by atoms with Crippen molar-refractivity contribution in [1.29, 1.82) is 0 Å². The van der Waals surface area contributed by atoms with Gasteiger partial charge in [0.25, 0.3) is 0 Å². The van der Waals surface area contributed by atoms with Crippen molar-refractivity contribution in [3.05, 3.63) is 59.1 Å². The molecule has 0 aromatic heterocycles. The maximum atomic E-state index is 12.2. The Morgan fingerprint density at radius 3 is 2.28 bits per heavy atom. The molecule has 2 rings (SSSR count). The van der Waals surface area contributed by atoms with Crippen molar-refractivity contribution < 1.29 is 9.59 Å². The van der Waals surface area contributed by atoms with E-state index in [0.29, 0.717) is 22.8 Å². The zero-order chi connectivity index (χ0) is 18.4. The zero-order valence-corrected chi connectivity index (χ0v) is 16.2. The van der Waals surface area contributed by atoms with Crippen molar-refractivity contribution in [3.63, 3.8) is 0 Å². The number of anilines is 1. The highest BCUT2D eigenvalue weighted by Gasteiger charge is 2.16. The lowest BCUT2D eigenvalue weighted by Gasteiger charge is -2.17. The van der Waals surface area contributed by atoms with Crippen molar-refractivity contribution >= 4 is 40.7 Å². The van der Waals surface area contributed by atoms with Gasteiger partial charge in [-0.15, -0.1) is 11.8 Å². The van der Waals surface area contributed by atoms with Crippen LogP contribution in [0.4, 0.5) is 5.69 Å². The van der Waals surface area contributed by atoms with Crippen molar-refractivity contribution in [2.75, 3.05) is 11.1 Å². The lowest BCUT2D eigenvalue weighted by atomic mass is 9.92. The van der Waals surface area contributed by atoms with Gasteiger partial charge in [0.2, 0.25) is 5.91 Å². The number of amides is 1. The average molecular weight is 376 g/mol. The molecule has 0 bridgehead atoms. The number of carbonyl (C=O) groups is 2. The van der Waals surface area contributed by atoms with Gasteiger partial charge >= 0.3 is 0 Å². The largest absolute Gasteiger partial charge is 0.326 e. The summed E-state index contributed by atoms with van der Waals surface area (Å²) >= 11 is 7.49. The van der Waals surface area contributed by atoms with E-state index in [2.05, 4.69) is 5.32 Å².